The number of hydrogen-bond donors (Lipinski definition) is 2. The molecule has 0 aromatic carbocycles. The number of nitrogens with two attached hydrogens (primary N) is 1. The van der Waals surface area contributed by atoms with E-state index in [1.807, 2.05) is 13.8 Å². The second-order valence-electron chi connectivity index (χ2n) is 3.51. The van der Waals surface area contributed by atoms with Gasteiger partial charge in [0.15, 0.2) is 0 Å². The predicted molar refractivity (Wildman–Crippen MR) is 46.2 cm³/mol. The third kappa shape index (κ3) is 3.98. The summed E-state index contributed by atoms with van der Waals surface area (Å²) >= 11 is 0. The highest BCUT2D eigenvalue weighted by Gasteiger charge is 2.19. The summed E-state index contributed by atoms with van der Waals surface area (Å²) in [7, 11) is 0. The lowest BCUT2D eigenvalue weighted by Gasteiger charge is -2.27. The van der Waals surface area contributed by atoms with Crippen LogP contribution in [0.3, 0.4) is 0 Å². The molecule has 0 rings (SSSR count). The van der Waals surface area contributed by atoms with Crippen LogP contribution in [-0.4, -0.2) is 17.5 Å². The van der Waals surface area contributed by atoms with Crippen molar-refractivity contribution in [2.24, 2.45) is 5.73 Å². The van der Waals surface area contributed by atoms with Gasteiger partial charge in [0.05, 0.1) is 6.04 Å². The Balaban J connectivity index is 3.93. The van der Waals surface area contributed by atoms with Crippen LogP contribution in [-0.2, 0) is 4.79 Å². The second-order valence-corrected chi connectivity index (χ2v) is 3.51. The van der Waals surface area contributed by atoms with Crippen LogP contribution >= 0.6 is 0 Å². The summed E-state index contributed by atoms with van der Waals surface area (Å²) in [5.74, 6) is -0.300. The van der Waals surface area contributed by atoms with Gasteiger partial charge < -0.3 is 11.1 Å². The molecule has 1 atom stereocenters. The summed E-state index contributed by atoms with van der Waals surface area (Å²) in [5.41, 5.74) is 5.09. The zero-order chi connectivity index (χ0) is 9.07. The van der Waals surface area contributed by atoms with Crippen molar-refractivity contribution in [2.75, 3.05) is 0 Å². The minimum absolute atomic E-state index is 0.00551. The fourth-order valence-corrected chi connectivity index (χ4v) is 0.759. The van der Waals surface area contributed by atoms with Crippen molar-refractivity contribution in [2.45, 2.75) is 45.7 Å². The van der Waals surface area contributed by atoms with Crippen LogP contribution < -0.4 is 11.1 Å². The third-order valence-corrected chi connectivity index (χ3v) is 1.92. The Bertz CT molecular complexity index is 143. The standard InChI is InChI=1S/C8H18N2O/c1-5-8(3,4)10-6(2)7(9)11/h6,10H,5H2,1-4H3,(H2,9,11). The van der Waals surface area contributed by atoms with Gasteiger partial charge in [0.25, 0.3) is 0 Å². The van der Waals surface area contributed by atoms with Gasteiger partial charge in [0.1, 0.15) is 0 Å². The van der Waals surface area contributed by atoms with Crippen LogP contribution in [0.4, 0.5) is 0 Å². The molecule has 3 heteroatoms. The molecule has 1 unspecified atom stereocenters. The smallest absolute Gasteiger partial charge is 0.234 e. The highest BCUT2D eigenvalue weighted by molar-refractivity contribution is 5.79. The van der Waals surface area contributed by atoms with Crippen LogP contribution in [0.5, 0.6) is 0 Å². The average Bonchev–Trinajstić information content (AvgIpc) is 1.87. The molecule has 66 valence electrons. The summed E-state index contributed by atoms with van der Waals surface area (Å²) in [4.78, 5) is 10.7. The van der Waals surface area contributed by atoms with Gasteiger partial charge in [-0.25, -0.2) is 0 Å². The van der Waals surface area contributed by atoms with E-state index in [-0.39, 0.29) is 17.5 Å². The Labute approximate surface area is 68.3 Å². The summed E-state index contributed by atoms with van der Waals surface area (Å²) in [5, 5.41) is 3.13. The van der Waals surface area contributed by atoms with Crippen LogP contribution in [0, 0.1) is 0 Å². The van der Waals surface area contributed by atoms with E-state index < -0.39 is 0 Å². The van der Waals surface area contributed by atoms with Crippen molar-refractivity contribution in [1.82, 2.24) is 5.32 Å². The molecule has 0 aliphatic heterocycles. The van der Waals surface area contributed by atoms with Crippen LogP contribution in [0.2, 0.25) is 0 Å². The molecule has 0 aromatic rings. The molecular formula is C8H18N2O. The Morgan fingerprint density at radius 1 is 1.64 bits per heavy atom. The van der Waals surface area contributed by atoms with Gasteiger partial charge >= 0.3 is 0 Å². The highest BCUT2D eigenvalue weighted by atomic mass is 16.1. The molecular weight excluding hydrogens is 140 g/mol. The largest absolute Gasteiger partial charge is 0.368 e. The lowest BCUT2D eigenvalue weighted by molar-refractivity contribution is -0.120. The number of rotatable bonds is 4. The van der Waals surface area contributed by atoms with Gasteiger partial charge in [0.2, 0.25) is 5.91 Å². The molecule has 3 N–H and O–H groups in total. The Morgan fingerprint density at radius 3 is 2.36 bits per heavy atom. The minimum Gasteiger partial charge on any atom is -0.368 e. The molecule has 0 radical (unpaired) electrons. The fraction of sp³-hybridized carbons (Fsp3) is 0.875. The van der Waals surface area contributed by atoms with Crippen LogP contribution in [0.25, 0.3) is 0 Å². The van der Waals surface area contributed by atoms with E-state index in [2.05, 4.69) is 12.2 Å². The Hall–Kier alpha value is -0.570. The molecule has 0 saturated heterocycles. The van der Waals surface area contributed by atoms with E-state index in [1.54, 1.807) is 6.92 Å². The number of carbonyl (C=O) groups is 1. The summed E-state index contributed by atoms with van der Waals surface area (Å²) in [6, 6.07) is -0.245. The zero-order valence-corrected chi connectivity index (χ0v) is 7.77. The number of hydrogen-bond acceptors (Lipinski definition) is 2. The average molecular weight is 158 g/mol. The van der Waals surface area contributed by atoms with Gasteiger partial charge in [-0.15, -0.1) is 0 Å². The number of amides is 1. The van der Waals surface area contributed by atoms with Crippen molar-refractivity contribution in [3.8, 4) is 0 Å². The Morgan fingerprint density at radius 2 is 2.09 bits per heavy atom. The van der Waals surface area contributed by atoms with E-state index in [0.717, 1.165) is 6.42 Å². The summed E-state index contributed by atoms with van der Waals surface area (Å²) in [6.45, 7) is 7.94. The quantitative estimate of drug-likeness (QED) is 0.630. The SMILES string of the molecule is CCC(C)(C)NC(C)C(N)=O. The minimum atomic E-state index is -0.300. The fourth-order valence-electron chi connectivity index (χ4n) is 0.759. The maximum atomic E-state index is 10.7. The lowest BCUT2D eigenvalue weighted by Crippen LogP contribution is -2.49. The van der Waals surface area contributed by atoms with Gasteiger partial charge in [-0.1, -0.05) is 6.92 Å². The molecule has 0 saturated carbocycles. The zero-order valence-electron chi connectivity index (χ0n) is 7.77. The van der Waals surface area contributed by atoms with Gasteiger partial charge in [-0.3, -0.25) is 4.79 Å². The first kappa shape index (κ1) is 10.4. The first-order valence-electron chi connectivity index (χ1n) is 3.96. The van der Waals surface area contributed by atoms with Crippen molar-refractivity contribution in [3.63, 3.8) is 0 Å². The van der Waals surface area contributed by atoms with Gasteiger partial charge in [-0.2, -0.15) is 0 Å². The molecule has 0 heterocycles. The molecule has 0 bridgehead atoms. The molecule has 0 aromatic heterocycles. The molecule has 3 nitrogen and oxygen atoms in total. The van der Waals surface area contributed by atoms with Crippen LogP contribution in [0.15, 0.2) is 0 Å². The van der Waals surface area contributed by atoms with E-state index in [9.17, 15) is 4.79 Å². The maximum absolute atomic E-state index is 10.7. The number of carbonyl (C=O) groups excluding carboxylic acids is 1. The van der Waals surface area contributed by atoms with E-state index in [4.69, 9.17) is 5.73 Å². The molecule has 1 amide bonds. The monoisotopic (exact) mass is 158 g/mol. The normalized spacial score (nSPS) is 14.5. The number of primary amides is 1. The van der Waals surface area contributed by atoms with Crippen molar-refractivity contribution in [1.29, 1.82) is 0 Å². The lowest BCUT2D eigenvalue weighted by atomic mass is 10.0. The van der Waals surface area contributed by atoms with Crippen molar-refractivity contribution in [3.05, 3.63) is 0 Å². The van der Waals surface area contributed by atoms with E-state index >= 15 is 0 Å². The molecule has 0 spiro atoms. The second kappa shape index (κ2) is 3.72. The van der Waals surface area contributed by atoms with Gasteiger partial charge in [-0.05, 0) is 27.2 Å². The van der Waals surface area contributed by atoms with E-state index in [0.29, 0.717) is 0 Å². The first-order chi connectivity index (χ1) is 4.89. The third-order valence-electron chi connectivity index (χ3n) is 1.92. The summed E-state index contributed by atoms with van der Waals surface area (Å²) in [6.07, 6.45) is 0.977. The predicted octanol–water partition coefficient (Wildman–Crippen LogP) is 0.638. The number of nitrogens with one attached hydrogen (secondary N) is 1. The van der Waals surface area contributed by atoms with Crippen LogP contribution in [0.1, 0.15) is 34.1 Å². The topological polar surface area (TPSA) is 55.1 Å². The molecule has 0 aliphatic rings. The summed E-state index contributed by atoms with van der Waals surface area (Å²) < 4.78 is 0. The first-order valence-corrected chi connectivity index (χ1v) is 3.96. The van der Waals surface area contributed by atoms with Gasteiger partial charge in [0, 0.05) is 5.54 Å². The van der Waals surface area contributed by atoms with E-state index in [1.165, 1.54) is 0 Å². The molecule has 11 heavy (non-hydrogen) atoms. The maximum Gasteiger partial charge on any atom is 0.234 e. The van der Waals surface area contributed by atoms with Crippen molar-refractivity contribution < 1.29 is 4.79 Å². The highest BCUT2D eigenvalue weighted by Crippen LogP contribution is 2.07. The molecule has 0 fully saturated rings. The van der Waals surface area contributed by atoms with Crippen molar-refractivity contribution >= 4 is 5.91 Å². The molecule has 0 aliphatic carbocycles. The Kier molecular flexibility index (Phi) is 3.52.